The van der Waals surface area contributed by atoms with E-state index in [1.165, 1.54) is 6.26 Å². The number of hydrogen-bond donors (Lipinski definition) is 0. The molecule has 0 bridgehead atoms. The summed E-state index contributed by atoms with van der Waals surface area (Å²) in [7, 11) is 2.04. The highest BCUT2D eigenvalue weighted by atomic mass is 16.3. The predicted octanol–water partition coefficient (Wildman–Crippen LogP) is 1.42. The quantitative estimate of drug-likeness (QED) is 0.850. The Kier molecular flexibility index (Phi) is 3.96. The number of likely N-dealkylation sites (tertiary alicyclic amines) is 1. The van der Waals surface area contributed by atoms with Gasteiger partial charge in [-0.25, -0.2) is 9.97 Å². The maximum atomic E-state index is 12.2. The molecule has 6 nitrogen and oxygen atoms in total. The van der Waals surface area contributed by atoms with E-state index >= 15 is 0 Å². The van der Waals surface area contributed by atoms with E-state index in [-0.39, 0.29) is 5.91 Å². The van der Waals surface area contributed by atoms with Crippen molar-refractivity contribution in [1.82, 2.24) is 19.8 Å². The fourth-order valence-corrected chi connectivity index (χ4v) is 2.61. The molecule has 110 valence electrons. The Morgan fingerprint density at radius 3 is 2.95 bits per heavy atom. The fourth-order valence-electron chi connectivity index (χ4n) is 2.61. The lowest BCUT2D eigenvalue weighted by Gasteiger charge is -2.23. The molecule has 21 heavy (non-hydrogen) atoms. The minimum absolute atomic E-state index is 0.0353. The van der Waals surface area contributed by atoms with Gasteiger partial charge in [-0.2, -0.15) is 0 Å². The number of likely N-dealkylation sites (N-methyl/N-ethyl adjacent to an activating group) is 1. The first-order chi connectivity index (χ1) is 10.2. The number of carbonyl (C=O) groups excluding carboxylic acids is 1. The van der Waals surface area contributed by atoms with Crippen molar-refractivity contribution in [2.45, 2.75) is 19.0 Å². The molecule has 0 unspecified atom stereocenters. The van der Waals surface area contributed by atoms with Crippen LogP contribution in [0, 0.1) is 0 Å². The molecule has 2 aromatic rings. The number of carbonyl (C=O) groups is 1. The smallest absolute Gasteiger partial charge is 0.289 e. The fraction of sp³-hybridized carbons (Fsp3) is 0.400. The molecule has 0 saturated carbocycles. The van der Waals surface area contributed by atoms with Gasteiger partial charge in [0.2, 0.25) is 0 Å². The summed E-state index contributed by atoms with van der Waals surface area (Å²) in [6, 6.07) is 5.58. The van der Waals surface area contributed by atoms with Gasteiger partial charge in [0.05, 0.1) is 12.8 Å². The minimum Gasteiger partial charge on any atom is -0.459 e. The van der Waals surface area contributed by atoms with Crippen LogP contribution in [0.1, 0.15) is 22.8 Å². The molecule has 1 fully saturated rings. The van der Waals surface area contributed by atoms with E-state index in [1.54, 1.807) is 24.5 Å². The average Bonchev–Trinajstić information content (AvgIpc) is 3.19. The van der Waals surface area contributed by atoms with Crippen molar-refractivity contribution in [3.05, 3.63) is 48.4 Å². The van der Waals surface area contributed by atoms with Gasteiger partial charge in [-0.1, -0.05) is 0 Å². The SMILES string of the molecule is CN(Cc1ncccn1)[C@@H]1CCN(C(=O)c2ccco2)C1. The Labute approximate surface area is 123 Å². The van der Waals surface area contributed by atoms with Crippen molar-refractivity contribution in [2.24, 2.45) is 0 Å². The second kappa shape index (κ2) is 6.05. The van der Waals surface area contributed by atoms with Crippen LogP contribution >= 0.6 is 0 Å². The maximum Gasteiger partial charge on any atom is 0.289 e. The molecule has 1 aliphatic heterocycles. The lowest BCUT2D eigenvalue weighted by molar-refractivity contribution is 0.0748. The lowest BCUT2D eigenvalue weighted by atomic mass is 10.2. The first-order valence-corrected chi connectivity index (χ1v) is 7.03. The van der Waals surface area contributed by atoms with Crippen LogP contribution in [0.4, 0.5) is 0 Å². The van der Waals surface area contributed by atoms with Gasteiger partial charge in [-0.3, -0.25) is 9.69 Å². The molecular weight excluding hydrogens is 268 g/mol. The van der Waals surface area contributed by atoms with Gasteiger partial charge in [-0.05, 0) is 31.7 Å². The Morgan fingerprint density at radius 1 is 1.43 bits per heavy atom. The first kappa shape index (κ1) is 13.8. The summed E-state index contributed by atoms with van der Waals surface area (Å²) < 4.78 is 5.17. The zero-order chi connectivity index (χ0) is 14.7. The number of furan rings is 1. The van der Waals surface area contributed by atoms with E-state index < -0.39 is 0 Å². The summed E-state index contributed by atoms with van der Waals surface area (Å²) in [6.45, 7) is 2.15. The predicted molar refractivity (Wildman–Crippen MR) is 76.5 cm³/mol. The summed E-state index contributed by atoms with van der Waals surface area (Å²) in [5, 5.41) is 0. The first-order valence-electron chi connectivity index (χ1n) is 7.03. The van der Waals surface area contributed by atoms with Crippen LogP contribution in [-0.2, 0) is 6.54 Å². The Balaban J connectivity index is 1.58. The summed E-state index contributed by atoms with van der Waals surface area (Å²) >= 11 is 0. The maximum absolute atomic E-state index is 12.2. The van der Waals surface area contributed by atoms with E-state index in [0.29, 0.717) is 24.9 Å². The van der Waals surface area contributed by atoms with Gasteiger partial charge in [-0.15, -0.1) is 0 Å². The molecule has 1 saturated heterocycles. The van der Waals surface area contributed by atoms with E-state index in [1.807, 2.05) is 18.0 Å². The van der Waals surface area contributed by atoms with Gasteiger partial charge in [0.25, 0.3) is 5.91 Å². The van der Waals surface area contributed by atoms with Crippen LogP contribution in [0.3, 0.4) is 0 Å². The van der Waals surface area contributed by atoms with E-state index in [9.17, 15) is 4.79 Å². The summed E-state index contributed by atoms with van der Waals surface area (Å²) in [6.07, 6.45) is 5.98. The van der Waals surface area contributed by atoms with Gasteiger partial charge in [0.1, 0.15) is 5.82 Å². The van der Waals surface area contributed by atoms with E-state index in [4.69, 9.17) is 4.42 Å². The van der Waals surface area contributed by atoms with Crippen LogP contribution in [0.2, 0.25) is 0 Å². The number of amides is 1. The molecule has 1 aliphatic rings. The Hall–Kier alpha value is -2.21. The average molecular weight is 286 g/mol. The van der Waals surface area contributed by atoms with Crippen LogP contribution < -0.4 is 0 Å². The molecule has 1 atom stereocenters. The molecule has 6 heteroatoms. The Morgan fingerprint density at radius 2 is 2.24 bits per heavy atom. The van der Waals surface area contributed by atoms with Gasteiger partial charge >= 0.3 is 0 Å². The molecule has 1 amide bonds. The van der Waals surface area contributed by atoms with Crippen molar-refractivity contribution in [3.63, 3.8) is 0 Å². The normalized spacial score (nSPS) is 18.4. The second-order valence-electron chi connectivity index (χ2n) is 5.25. The summed E-state index contributed by atoms with van der Waals surface area (Å²) in [5.41, 5.74) is 0. The zero-order valence-electron chi connectivity index (χ0n) is 12.0. The Bertz CT molecular complexity index is 585. The molecule has 0 spiro atoms. The molecule has 0 aromatic carbocycles. The standard InChI is InChI=1S/C15H18N4O2/c1-18(11-14-16-6-3-7-17-14)12-5-8-19(10-12)15(20)13-4-2-9-21-13/h2-4,6-7,9,12H,5,8,10-11H2,1H3/t12-/m1/s1. The van der Waals surface area contributed by atoms with Crippen LogP contribution in [0.25, 0.3) is 0 Å². The van der Waals surface area contributed by atoms with Gasteiger partial charge < -0.3 is 9.32 Å². The molecule has 0 aliphatic carbocycles. The molecular formula is C15H18N4O2. The second-order valence-corrected chi connectivity index (χ2v) is 5.25. The van der Waals surface area contributed by atoms with Crippen molar-refractivity contribution in [3.8, 4) is 0 Å². The highest BCUT2D eigenvalue weighted by Crippen LogP contribution is 2.18. The monoisotopic (exact) mass is 286 g/mol. The zero-order valence-corrected chi connectivity index (χ0v) is 12.0. The molecule has 2 aromatic heterocycles. The highest BCUT2D eigenvalue weighted by molar-refractivity contribution is 5.91. The summed E-state index contributed by atoms with van der Waals surface area (Å²) in [5.74, 6) is 1.17. The third-order valence-corrected chi connectivity index (χ3v) is 3.82. The lowest BCUT2D eigenvalue weighted by Crippen LogP contribution is -2.36. The van der Waals surface area contributed by atoms with Gasteiger partial charge in [0.15, 0.2) is 5.76 Å². The van der Waals surface area contributed by atoms with Crippen LogP contribution in [-0.4, -0.2) is 51.9 Å². The van der Waals surface area contributed by atoms with Crippen molar-refractivity contribution in [1.29, 1.82) is 0 Å². The van der Waals surface area contributed by atoms with Crippen LogP contribution in [0.5, 0.6) is 0 Å². The van der Waals surface area contributed by atoms with E-state index in [2.05, 4.69) is 14.9 Å². The van der Waals surface area contributed by atoms with Crippen LogP contribution in [0.15, 0.2) is 41.3 Å². The number of nitrogens with zero attached hydrogens (tertiary/aromatic N) is 4. The van der Waals surface area contributed by atoms with Crippen molar-refractivity contribution in [2.75, 3.05) is 20.1 Å². The number of aromatic nitrogens is 2. The molecule has 3 rings (SSSR count). The van der Waals surface area contributed by atoms with Gasteiger partial charge in [0, 0.05) is 31.5 Å². The topological polar surface area (TPSA) is 62.5 Å². The number of hydrogen-bond acceptors (Lipinski definition) is 5. The highest BCUT2D eigenvalue weighted by Gasteiger charge is 2.30. The van der Waals surface area contributed by atoms with Crippen molar-refractivity contribution >= 4 is 5.91 Å². The molecule has 0 N–H and O–H groups in total. The molecule has 0 radical (unpaired) electrons. The van der Waals surface area contributed by atoms with Crippen molar-refractivity contribution < 1.29 is 9.21 Å². The summed E-state index contributed by atoms with van der Waals surface area (Å²) in [4.78, 5) is 24.7. The van der Waals surface area contributed by atoms with E-state index in [0.717, 1.165) is 18.8 Å². The molecule has 3 heterocycles. The largest absolute Gasteiger partial charge is 0.459 e. The number of rotatable bonds is 4. The third kappa shape index (κ3) is 3.11. The third-order valence-electron chi connectivity index (χ3n) is 3.82. The minimum atomic E-state index is -0.0353.